The number of Topliss-reactive ketones (excluding diaryl/α,β-unsaturated/α-hetero) is 1. The van der Waals surface area contributed by atoms with Crippen molar-refractivity contribution in [2.24, 2.45) is 50.7 Å². The SMILES string of the molecule is CC(C)=CCCC(C)C1CCC2(C)C3=C(CCC12C)C1(C)CCC(O)C(C)(C)C1CC3.CC12CCC3C(=CCc4cc(O)ccc43)C1CCC2=O. The van der Waals surface area contributed by atoms with E-state index in [9.17, 15) is 15.0 Å². The van der Waals surface area contributed by atoms with Crippen LogP contribution in [0.3, 0.4) is 0 Å². The zero-order chi connectivity index (χ0) is 36.7. The summed E-state index contributed by atoms with van der Waals surface area (Å²) in [4.78, 5) is 12.2. The monoisotopic (exact) mass is 695 g/mol. The molecule has 7 aliphatic rings. The number of hydrogen-bond acceptors (Lipinski definition) is 3. The number of allylic oxidation sites excluding steroid dienone is 6. The van der Waals surface area contributed by atoms with Crippen molar-refractivity contribution >= 4 is 5.78 Å². The maximum absolute atomic E-state index is 12.2. The highest BCUT2D eigenvalue weighted by Crippen LogP contribution is 2.72. The molecule has 1 aromatic rings. The smallest absolute Gasteiger partial charge is 0.139 e. The number of hydrogen-bond donors (Lipinski definition) is 2. The van der Waals surface area contributed by atoms with Gasteiger partial charge in [-0.2, -0.15) is 0 Å². The number of carbonyl (C=O) groups is 1. The first kappa shape index (κ1) is 37.2. The predicted molar refractivity (Wildman–Crippen MR) is 211 cm³/mol. The molecule has 4 fully saturated rings. The first-order valence-electron chi connectivity index (χ1n) is 21.1. The van der Waals surface area contributed by atoms with Gasteiger partial charge in [-0.25, -0.2) is 0 Å². The topological polar surface area (TPSA) is 57.5 Å². The molecule has 0 bridgehead atoms. The molecule has 280 valence electrons. The Labute approximate surface area is 310 Å². The summed E-state index contributed by atoms with van der Waals surface area (Å²) >= 11 is 0. The minimum Gasteiger partial charge on any atom is -0.508 e. The van der Waals surface area contributed by atoms with Crippen LogP contribution in [0, 0.1) is 50.7 Å². The molecule has 0 aliphatic heterocycles. The van der Waals surface area contributed by atoms with Gasteiger partial charge in [-0.15, -0.1) is 0 Å². The Balaban J connectivity index is 0.000000174. The molecule has 3 nitrogen and oxygen atoms in total. The Hall–Kier alpha value is -2.13. The van der Waals surface area contributed by atoms with Gasteiger partial charge in [0.2, 0.25) is 0 Å². The second-order valence-corrected chi connectivity index (χ2v) is 20.4. The Kier molecular flexibility index (Phi) is 9.50. The Bertz CT molecular complexity index is 1640. The molecule has 1 aromatic carbocycles. The van der Waals surface area contributed by atoms with Crippen LogP contribution in [0.15, 0.2) is 52.6 Å². The molecule has 0 spiro atoms. The summed E-state index contributed by atoms with van der Waals surface area (Å²) in [6.45, 7) is 21.8. The van der Waals surface area contributed by atoms with Crippen LogP contribution in [0.5, 0.6) is 5.75 Å². The number of benzene rings is 1. The number of carbonyl (C=O) groups excluding carboxylic acids is 1. The second kappa shape index (κ2) is 13.0. The van der Waals surface area contributed by atoms with Gasteiger partial charge in [0.1, 0.15) is 11.5 Å². The summed E-state index contributed by atoms with van der Waals surface area (Å²) in [6, 6.07) is 5.79. The van der Waals surface area contributed by atoms with Gasteiger partial charge in [0, 0.05) is 17.8 Å². The van der Waals surface area contributed by atoms with Crippen LogP contribution in [0.2, 0.25) is 0 Å². The quantitative estimate of drug-likeness (QED) is 0.309. The fraction of sp³-hybridized carbons (Fsp3) is 0.729. The summed E-state index contributed by atoms with van der Waals surface area (Å²) in [7, 11) is 0. The number of aromatic hydroxyl groups is 1. The third-order valence-corrected chi connectivity index (χ3v) is 17.5. The predicted octanol–water partition coefficient (Wildman–Crippen LogP) is 12.2. The highest BCUT2D eigenvalue weighted by molar-refractivity contribution is 5.88. The van der Waals surface area contributed by atoms with Crippen molar-refractivity contribution in [1.82, 2.24) is 0 Å². The lowest BCUT2D eigenvalue weighted by atomic mass is 9.43. The minimum absolute atomic E-state index is 0.0465. The van der Waals surface area contributed by atoms with Crippen molar-refractivity contribution in [1.29, 1.82) is 0 Å². The van der Waals surface area contributed by atoms with E-state index in [1.54, 1.807) is 6.07 Å². The van der Waals surface area contributed by atoms with Crippen LogP contribution in [-0.2, 0) is 11.2 Å². The first-order chi connectivity index (χ1) is 24.0. The second-order valence-electron chi connectivity index (χ2n) is 20.4. The molecule has 51 heavy (non-hydrogen) atoms. The summed E-state index contributed by atoms with van der Waals surface area (Å²) in [5.41, 5.74) is 10.4. The van der Waals surface area contributed by atoms with Crippen LogP contribution < -0.4 is 0 Å². The van der Waals surface area contributed by atoms with Crippen LogP contribution in [0.25, 0.3) is 0 Å². The highest BCUT2D eigenvalue weighted by atomic mass is 16.3. The molecule has 7 aliphatic carbocycles. The molecule has 0 heterocycles. The average Bonchev–Trinajstić information content (AvgIpc) is 3.54. The van der Waals surface area contributed by atoms with Gasteiger partial charge >= 0.3 is 0 Å². The molecule has 10 atom stereocenters. The number of phenols is 1. The minimum atomic E-state index is -0.130. The Morgan fingerprint density at radius 1 is 0.882 bits per heavy atom. The van der Waals surface area contributed by atoms with Gasteiger partial charge in [0.15, 0.2) is 0 Å². The van der Waals surface area contributed by atoms with Crippen molar-refractivity contribution in [2.45, 2.75) is 171 Å². The summed E-state index contributed by atoms with van der Waals surface area (Å²) < 4.78 is 0. The van der Waals surface area contributed by atoms with Crippen molar-refractivity contribution in [3.63, 3.8) is 0 Å². The largest absolute Gasteiger partial charge is 0.508 e. The van der Waals surface area contributed by atoms with Crippen LogP contribution >= 0.6 is 0 Å². The molecule has 0 aromatic heterocycles. The number of fused-ring (bicyclic) bond motifs is 9. The van der Waals surface area contributed by atoms with Gasteiger partial charge in [-0.1, -0.05) is 89.0 Å². The van der Waals surface area contributed by atoms with E-state index < -0.39 is 0 Å². The fourth-order valence-electron chi connectivity index (χ4n) is 14.2. The zero-order valence-electron chi connectivity index (χ0n) is 33.8. The van der Waals surface area contributed by atoms with Gasteiger partial charge < -0.3 is 10.2 Å². The maximum Gasteiger partial charge on any atom is 0.139 e. The van der Waals surface area contributed by atoms with E-state index in [-0.39, 0.29) is 16.9 Å². The first-order valence-corrected chi connectivity index (χ1v) is 21.1. The number of aliphatic hydroxyl groups is 1. The van der Waals surface area contributed by atoms with Crippen molar-refractivity contribution in [2.75, 3.05) is 0 Å². The Morgan fingerprint density at radius 3 is 2.37 bits per heavy atom. The third-order valence-electron chi connectivity index (χ3n) is 17.5. The lowest BCUT2D eigenvalue weighted by Gasteiger charge is -2.62. The van der Waals surface area contributed by atoms with Gasteiger partial charge in [-0.3, -0.25) is 4.79 Å². The van der Waals surface area contributed by atoms with Crippen molar-refractivity contribution < 1.29 is 15.0 Å². The molecule has 3 heteroatoms. The molecule has 8 rings (SSSR count). The molecule has 0 saturated heterocycles. The molecule has 4 saturated carbocycles. The lowest BCUT2D eigenvalue weighted by molar-refractivity contribution is -0.126. The lowest BCUT2D eigenvalue weighted by Crippen LogP contribution is -2.55. The average molecular weight is 695 g/mol. The van der Waals surface area contributed by atoms with Crippen molar-refractivity contribution in [3.05, 3.63) is 63.8 Å². The number of aliphatic hydroxyl groups excluding tert-OH is 1. The molecule has 10 unspecified atom stereocenters. The zero-order valence-corrected chi connectivity index (χ0v) is 33.8. The van der Waals surface area contributed by atoms with Crippen molar-refractivity contribution in [3.8, 4) is 5.75 Å². The number of rotatable bonds is 4. The normalized spacial score (nSPS) is 41.0. The number of ketones is 1. The van der Waals surface area contributed by atoms with E-state index >= 15 is 0 Å². The summed E-state index contributed by atoms with van der Waals surface area (Å²) in [5.74, 6) is 4.08. The third kappa shape index (κ3) is 5.71. The van der Waals surface area contributed by atoms with E-state index in [4.69, 9.17) is 0 Å². The standard InChI is InChI=1S/C30H50O.C18H20O2/c1-20(2)10-9-11-21(3)22-14-18-30(8)24-12-13-25-27(4,5)26(31)16-17-28(25,6)23(24)15-19-29(22,30)7;1-18-9-8-14-13-5-3-12(19)10-11(13)2-4-15(14)16(18)6-7-17(18)20/h10,21-22,25-26,31H,9,11-19H2,1-8H3;3-5,10,14,16,19H,2,6-9H2,1H3. The van der Waals surface area contributed by atoms with Crippen LogP contribution in [0.4, 0.5) is 0 Å². The summed E-state index contributed by atoms with van der Waals surface area (Å²) in [6.07, 6.45) is 22.3. The fourth-order valence-corrected chi connectivity index (χ4v) is 14.2. The summed E-state index contributed by atoms with van der Waals surface area (Å²) in [5, 5.41) is 20.5. The van der Waals surface area contributed by atoms with Gasteiger partial charge in [-0.05, 0) is 172 Å². The molecular weight excluding hydrogens is 625 g/mol. The molecule has 0 amide bonds. The molecule has 0 radical (unpaired) electrons. The molecular formula is C48H70O3. The number of phenolic OH excluding ortho intramolecular Hbond substituents is 1. The maximum atomic E-state index is 12.2. The van der Waals surface area contributed by atoms with Gasteiger partial charge in [0.05, 0.1) is 6.10 Å². The van der Waals surface area contributed by atoms with Crippen LogP contribution in [-0.4, -0.2) is 22.1 Å². The van der Waals surface area contributed by atoms with E-state index in [0.717, 1.165) is 50.4 Å². The van der Waals surface area contributed by atoms with Gasteiger partial charge in [0.25, 0.3) is 0 Å². The van der Waals surface area contributed by atoms with E-state index in [0.29, 0.717) is 45.5 Å². The Morgan fingerprint density at radius 2 is 1.63 bits per heavy atom. The highest BCUT2D eigenvalue weighted by Gasteiger charge is 2.63. The van der Waals surface area contributed by atoms with E-state index in [2.05, 4.69) is 80.5 Å². The van der Waals surface area contributed by atoms with E-state index in [1.807, 2.05) is 17.2 Å². The van der Waals surface area contributed by atoms with E-state index in [1.165, 1.54) is 80.1 Å². The van der Waals surface area contributed by atoms with Crippen LogP contribution in [0.1, 0.15) is 169 Å². The molecule has 2 N–H and O–H groups in total.